The Morgan fingerprint density at radius 2 is 2.23 bits per heavy atom. The molecule has 1 amide bonds. The Labute approximate surface area is 130 Å². The van der Waals surface area contributed by atoms with Crippen LogP contribution >= 0.6 is 0 Å². The van der Waals surface area contributed by atoms with Crippen LogP contribution in [0, 0.1) is 5.92 Å². The van der Waals surface area contributed by atoms with Gasteiger partial charge in [-0.2, -0.15) is 5.10 Å². The standard InChI is InChI=1S/C17H22N4O/c1-11-17(13-4-6-21(11)7-5-13)19-16(22)9-12-2-3-15-14(8-12)10-18-20-15/h2-3,8,10-11,13,17H,4-7,9H2,1H3,(H,18,20)(H,19,22)/t11-,17+/m1/s1. The molecule has 2 atom stereocenters. The minimum absolute atomic E-state index is 0.133. The highest BCUT2D eigenvalue weighted by Crippen LogP contribution is 2.32. The summed E-state index contributed by atoms with van der Waals surface area (Å²) >= 11 is 0. The van der Waals surface area contributed by atoms with Crippen LogP contribution in [0.25, 0.3) is 10.9 Å². The normalized spacial score (nSPS) is 30.6. The summed E-state index contributed by atoms with van der Waals surface area (Å²) in [5.41, 5.74) is 2.05. The van der Waals surface area contributed by atoms with Crippen molar-refractivity contribution in [2.75, 3.05) is 13.1 Å². The fourth-order valence-electron chi connectivity index (χ4n) is 4.07. The van der Waals surface area contributed by atoms with Crippen LogP contribution in [0.1, 0.15) is 25.3 Å². The van der Waals surface area contributed by atoms with Gasteiger partial charge in [0.15, 0.2) is 0 Å². The van der Waals surface area contributed by atoms with Crippen molar-refractivity contribution in [3.63, 3.8) is 0 Å². The lowest BCUT2D eigenvalue weighted by molar-refractivity contribution is -0.123. The smallest absolute Gasteiger partial charge is 0.224 e. The third kappa shape index (κ3) is 2.39. The molecule has 1 aromatic carbocycles. The Bertz CT molecular complexity index is 685. The number of fused-ring (bicyclic) bond motifs is 4. The Morgan fingerprint density at radius 1 is 1.41 bits per heavy atom. The first-order valence-corrected chi connectivity index (χ1v) is 8.16. The van der Waals surface area contributed by atoms with Gasteiger partial charge in [0.25, 0.3) is 0 Å². The fraction of sp³-hybridized carbons (Fsp3) is 0.529. The fourth-order valence-corrected chi connectivity index (χ4v) is 4.07. The number of benzene rings is 1. The minimum atomic E-state index is 0.133. The highest BCUT2D eigenvalue weighted by Gasteiger charge is 2.40. The van der Waals surface area contributed by atoms with Gasteiger partial charge in [-0.1, -0.05) is 6.07 Å². The van der Waals surface area contributed by atoms with Gasteiger partial charge in [0, 0.05) is 17.5 Å². The first-order valence-electron chi connectivity index (χ1n) is 8.16. The summed E-state index contributed by atoms with van der Waals surface area (Å²) in [5.74, 6) is 0.786. The van der Waals surface area contributed by atoms with Crippen LogP contribution in [0.15, 0.2) is 24.4 Å². The van der Waals surface area contributed by atoms with E-state index in [1.165, 1.54) is 25.9 Å². The maximum Gasteiger partial charge on any atom is 0.224 e. The Hall–Kier alpha value is -1.88. The number of carbonyl (C=O) groups excluding carboxylic acids is 1. The van der Waals surface area contributed by atoms with E-state index >= 15 is 0 Å². The molecule has 0 spiro atoms. The number of hydrogen-bond acceptors (Lipinski definition) is 3. The predicted molar refractivity (Wildman–Crippen MR) is 85.5 cm³/mol. The molecule has 22 heavy (non-hydrogen) atoms. The molecular formula is C17H22N4O. The molecule has 5 rings (SSSR count). The van der Waals surface area contributed by atoms with E-state index in [1.54, 1.807) is 6.20 Å². The van der Waals surface area contributed by atoms with Gasteiger partial charge in [0.1, 0.15) is 0 Å². The van der Waals surface area contributed by atoms with E-state index in [1.807, 2.05) is 18.2 Å². The number of nitrogens with zero attached hydrogens (tertiary/aromatic N) is 2. The summed E-state index contributed by atoms with van der Waals surface area (Å²) in [4.78, 5) is 14.9. The predicted octanol–water partition coefficient (Wildman–Crippen LogP) is 1.70. The zero-order valence-electron chi connectivity index (χ0n) is 12.9. The average Bonchev–Trinajstić information content (AvgIpc) is 2.99. The zero-order chi connectivity index (χ0) is 15.1. The van der Waals surface area contributed by atoms with Crippen molar-refractivity contribution in [1.29, 1.82) is 0 Å². The Kier molecular flexibility index (Phi) is 3.37. The second kappa shape index (κ2) is 5.39. The van der Waals surface area contributed by atoms with Gasteiger partial charge in [-0.3, -0.25) is 14.8 Å². The number of hydrogen-bond donors (Lipinski definition) is 2. The quantitative estimate of drug-likeness (QED) is 0.907. The van der Waals surface area contributed by atoms with Crippen LogP contribution in [0.5, 0.6) is 0 Å². The molecule has 0 radical (unpaired) electrons. The lowest BCUT2D eigenvalue weighted by atomic mass is 9.79. The molecule has 3 fully saturated rings. The van der Waals surface area contributed by atoms with Crippen molar-refractivity contribution in [3.8, 4) is 0 Å². The van der Waals surface area contributed by atoms with Crippen molar-refractivity contribution < 1.29 is 4.79 Å². The SMILES string of the molecule is C[C@@H]1[C@H](NC(=O)Cc2ccc3[nH]ncc3c2)C2CCN1CC2. The van der Waals surface area contributed by atoms with E-state index in [2.05, 4.69) is 27.3 Å². The zero-order valence-corrected chi connectivity index (χ0v) is 12.9. The molecule has 5 heteroatoms. The molecule has 116 valence electrons. The van der Waals surface area contributed by atoms with Crippen LogP contribution in [0.2, 0.25) is 0 Å². The summed E-state index contributed by atoms with van der Waals surface area (Å²) in [5, 5.41) is 11.3. The monoisotopic (exact) mass is 298 g/mol. The second-order valence-corrected chi connectivity index (χ2v) is 6.68. The van der Waals surface area contributed by atoms with E-state index in [4.69, 9.17) is 0 Å². The van der Waals surface area contributed by atoms with Gasteiger partial charge in [-0.15, -0.1) is 0 Å². The average molecular weight is 298 g/mol. The molecular weight excluding hydrogens is 276 g/mol. The molecule has 3 saturated heterocycles. The Morgan fingerprint density at radius 3 is 3.00 bits per heavy atom. The van der Waals surface area contributed by atoms with E-state index in [-0.39, 0.29) is 5.91 Å². The molecule has 3 aliphatic rings. The highest BCUT2D eigenvalue weighted by molar-refractivity contribution is 5.83. The van der Waals surface area contributed by atoms with Crippen LogP contribution in [-0.2, 0) is 11.2 Å². The molecule has 4 heterocycles. The molecule has 2 bridgehead atoms. The summed E-state index contributed by atoms with van der Waals surface area (Å²) in [6.07, 6.45) is 4.68. The van der Waals surface area contributed by atoms with E-state index < -0.39 is 0 Å². The van der Waals surface area contributed by atoms with Crippen LogP contribution < -0.4 is 5.32 Å². The van der Waals surface area contributed by atoms with Crippen molar-refractivity contribution >= 4 is 16.8 Å². The van der Waals surface area contributed by atoms with Gasteiger partial charge in [0.2, 0.25) is 5.91 Å². The van der Waals surface area contributed by atoms with Crippen LogP contribution in [0.3, 0.4) is 0 Å². The number of H-pyrrole nitrogens is 1. The second-order valence-electron chi connectivity index (χ2n) is 6.68. The van der Waals surface area contributed by atoms with E-state index in [0.29, 0.717) is 24.4 Å². The van der Waals surface area contributed by atoms with Crippen LogP contribution in [-0.4, -0.2) is 46.2 Å². The van der Waals surface area contributed by atoms with Gasteiger partial charge in [0.05, 0.1) is 18.1 Å². The van der Waals surface area contributed by atoms with Gasteiger partial charge < -0.3 is 5.32 Å². The number of rotatable bonds is 3. The number of nitrogens with one attached hydrogen (secondary N) is 2. The minimum Gasteiger partial charge on any atom is -0.351 e. The van der Waals surface area contributed by atoms with Gasteiger partial charge in [-0.05, 0) is 56.5 Å². The number of carbonyl (C=O) groups is 1. The summed E-state index contributed by atoms with van der Waals surface area (Å²) < 4.78 is 0. The lowest BCUT2D eigenvalue weighted by Crippen LogP contribution is -2.62. The maximum absolute atomic E-state index is 12.4. The van der Waals surface area contributed by atoms with Crippen molar-refractivity contribution in [3.05, 3.63) is 30.0 Å². The van der Waals surface area contributed by atoms with E-state index in [0.717, 1.165) is 16.5 Å². The topological polar surface area (TPSA) is 61.0 Å². The molecule has 5 nitrogen and oxygen atoms in total. The van der Waals surface area contributed by atoms with Crippen molar-refractivity contribution in [1.82, 2.24) is 20.4 Å². The molecule has 0 aliphatic carbocycles. The number of piperidine rings is 3. The number of amides is 1. The van der Waals surface area contributed by atoms with Crippen molar-refractivity contribution in [2.45, 2.75) is 38.3 Å². The first kappa shape index (κ1) is 13.8. The summed E-state index contributed by atoms with van der Waals surface area (Å²) in [7, 11) is 0. The van der Waals surface area contributed by atoms with Gasteiger partial charge in [-0.25, -0.2) is 0 Å². The molecule has 3 aliphatic heterocycles. The highest BCUT2D eigenvalue weighted by atomic mass is 16.1. The lowest BCUT2D eigenvalue weighted by Gasteiger charge is -2.50. The summed E-state index contributed by atoms with van der Waals surface area (Å²) in [6.45, 7) is 4.62. The first-order chi connectivity index (χ1) is 10.7. The maximum atomic E-state index is 12.4. The third-order valence-corrected chi connectivity index (χ3v) is 5.37. The molecule has 2 aromatic rings. The molecule has 2 N–H and O–H groups in total. The van der Waals surface area contributed by atoms with E-state index in [9.17, 15) is 4.79 Å². The molecule has 1 aromatic heterocycles. The number of aromatic amines is 1. The Balaban J connectivity index is 1.43. The third-order valence-electron chi connectivity index (χ3n) is 5.37. The largest absolute Gasteiger partial charge is 0.351 e. The van der Waals surface area contributed by atoms with Crippen LogP contribution in [0.4, 0.5) is 0 Å². The number of aromatic nitrogens is 2. The molecule has 0 unspecified atom stereocenters. The molecule has 0 saturated carbocycles. The van der Waals surface area contributed by atoms with Gasteiger partial charge >= 0.3 is 0 Å². The van der Waals surface area contributed by atoms with Crippen molar-refractivity contribution in [2.24, 2.45) is 5.92 Å². The summed E-state index contributed by atoms with van der Waals surface area (Å²) in [6, 6.07) is 6.81.